The molecule has 180 valence electrons. The fourth-order valence-corrected chi connectivity index (χ4v) is 3.39. The summed E-state index contributed by atoms with van der Waals surface area (Å²) in [4.78, 5) is 22.9. The van der Waals surface area contributed by atoms with Gasteiger partial charge < -0.3 is 50.2 Å². The number of carboxylic acid groups (broad SMARTS) is 1. The normalized spacial score (nSPS) is 41.5. The molecule has 2 heterocycles. The predicted molar refractivity (Wildman–Crippen MR) is 91.2 cm³/mol. The van der Waals surface area contributed by atoms with Crippen molar-refractivity contribution >= 4 is 22.3 Å². The number of carbonyl (C=O) groups is 2. The molecule has 10 atom stereocenters. The molecule has 0 aromatic carbocycles. The molecule has 2 rings (SSSR count). The van der Waals surface area contributed by atoms with Crippen molar-refractivity contribution in [1.29, 1.82) is 0 Å². The van der Waals surface area contributed by atoms with Crippen molar-refractivity contribution < 1.29 is 71.6 Å². The maximum atomic E-state index is 11.5. The molecule has 8 N–H and O–H groups in total. The molecule has 0 aliphatic carbocycles. The van der Waals surface area contributed by atoms with Crippen LogP contribution in [0.25, 0.3) is 0 Å². The number of hydrogen-bond donors (Lipinski definition) is 8. The second-order valence-corrected chi connectivity index (χ2v) is 7.92. The van der Waals surface area contributed by atoms with Gasteiger partial charge in [0.25, 0.3) is 0 Å². The van der Waals surface area contributed by atoms with E-state index in [1.54, 1.807) is 0 Å². The number of aliphatic hydroxyl groups is 5. The molecule has 31 heavy (non-hydrogen) atoms. The number of hydrogen-bond acceptors (Lipinski definition) is 13. The standard InChI is InChI=1S/C14H23NO15S/c1-3(16)15-5-7(18)6(17)4(2-27-31(24,25)26)28-14(5)30-10-8(19)9(20)13(23)29-11(10)12(21)22/h4-11,13-14,17-20,23H,2H2,1H3,(H,15,16)(H,21,22)(H,24,25,26). The number of rotatable bonds is 7. The summed E-state index contributed by atoms with van der Waals surface area (Å²) in [6.45, 7) is 0.0134. The second-order valence-electron chi connectivity index (χ2n) is 6.83. The predicted octanol–water partition coefficient (Wildman–Crippen LogP) is -5.33. The zero-order valence-corrected chi connectivity index (χ0v) is 16.6. The van der Waals surface area contributed by atoms with Gasteiger partial charge in [0.1, 0.15) is 42.7 Å². The smallest absolute Gasteiger partial charge is 0.397 e. The van der Waals surface area contributed by atoms with E-state index in [0.717, 1.165) is 6.92 Å². The van der Waals surface area contributed by atoms with E-state index in [4.69, 9.17) is 18.8 Å². The van der Waals surface area contributed by atoms with Gasteiger partial charge in [0.2, 0.25) is 5.91 Å². The highest BCUT2D eigenvalue weighted by Gasteiger charge is 2.52. The Bertz CT molecular complexity index is 761. The lowest BCUT2D eigenvalue weighted by Gasteiger charge is -2.46. The van der Waals surface area contributed by atoms with Crippen LogP contribution in [-0.4, -0.2) is 123 Å². The highest BCUT2D eigenvalue weighted by Crippen LogP contribution is 2.29. The molecule has 0 saturated carbocycles. The average Bonchev–Trinajstić information content (AvgIpc) is 2.65. The maximum absolute atomic E-state index is 11.5. The lowest BCUT2D eigenvalue weighted by Crippen LogP contribution is -2.68. The average molecular weight is 477 g/mol. The molecule has 2 aliphatic heterocycles. The molecule has 0 aromatic rings. The number of nitrogens with one attached hydrogen (secondary N) is 1. The van der Waals surface area contributed by atoms with Gasteiger partial charge in [0, 0.05) is 6.92 Å². The van der Waals surface area contributed by atoms with Crippen LogP contribution in [0.15, 0.2) is 0 Å². The third-order valence-electron chi connectivity index (χ3n) is 4.55. The van der Waals surface area contributed by atoms with Crippen LogP contribution in [0, 0.1) is 0 Å². The number of ether oxygens (including phenoxy) is 3. The highest BCUT2D eigenvalue weighted by molar-refractivity contribution is 7.80. The van der Waals surface area contributed by atoms with E-state index in [2.05, 4.69) is 9.50 Å². The van der Waals surface area contributed by atoms with Crippen molar-refractivity contribution in [3.05, 3.63) is 0 Å². The van der Waals surface area contributed by atoms with Gasteiger partial charge >= 0.3 is 16.4 Å². The molecule has 17 heteroatoms. The third kappa shape index (κ3) is 6.26. The van der Waals surface area contributed by atoms with E-state index in [-0.39, 0.29) is 0 Å². The molecule has 0 bridgehead atoms. The van der Waals surface area contributed by atoms with Gasteiger partial charge in [-0.1, -0.05) is 0 Å². The summed E-state index contributed by atoms with van der Waals surface area (Å²) < 4.78 is 49.6. The summed E-state index contributed by atoms with van der Waals surface area (Å²) in [6, 6.07) is -1.57. The van der Waals surface area contributed by atoms with Crippen LogP contribution in [0.3, 0.4) is 0 Å². The Labute approximate surface area is 174 Å². The minimum Gasteiger partial charge on any atom is -0.479 e. The van der Waals surface area contributed by atoms with Crippen LogP contribution in [0.2, 0.25) is 0 Å². The minimum absolute atomic E-state index is 0.744. The van der Waals surface area contributed by atoms with Crippen molar-refractivity contribution in [1.82, 2.24) is 5.32 Å². The third-order valence-corrected chi connectivity index (χ3v) is 4.98. The molecule has 0 spiro atoms. The Hall–Kier alpha value is -1.51. The maximum Gasteiger partial charge on any atom is 0.397 e. The summed E-state index contributed by atoms with van der Waals surface area (Å²) in [7, 11) is -4.97. The van der Waals surface area contributed by atoms with Crippen LogP contribution in [-0.2, 0) is 38.4 Å². The van der Waals surface area contributed by atoms with E-state index < -0.39 is 90.2 Å². The van der Waals surface area contributed by atoms with E-state index in [1.165, 1.54) is 0 Å². The zero-order chi connectivity index (χ0) is 23.7. The molecule has 10 unspecified atom stereocenters. The lowest BCUT2D eigenvalue weighted by atomic mass is 9.95. The fourth-order valence-electron chi connectivity index (χ4n) is 3.08. The first-order valence-corrected chi connectivity index (χ1v) is 10.1. The zero-order valence-electron chi connectivity index (χ0n) is 15.8. The Morgan fingerprint density at radius 3 is 2.13 bits per heavy atom. The molecule has 16 nitrogen and oxygen atoms in total. The molecule has 2 saturated heterocycles. The van der Waals surface area contributed by atoms with Gasteiger partial charge in [-0.3, -0.25) is 9.35 Å². The number of aliphatic hydroxyl groups excluding tert-OH is 5. The number of aliphatic carboxylic acids is 1. The first kappa shape index (κ1) is 25.7. The van der Waals surface area contributed by atoms with E-state index in [0.29, 0.717) is 0 Å². The van der Waals surface area contributed by atoms with Crippen molar-refractivity contribution in [2.45, 2.75) is 68.3 Å². The summed E-state index contributed by atoms with van der Waals surface area (Å²) in [5, 5.41) is 61.3. The van der Waals surface area contributed by atoms with Crippen LogP contribution in [0.4, 0.5) is 0 Å². The van der Waals surface area contributed by atoms with Gasteiger partial charge in [-0.2, -0.15) is 8.42 Å². The first-order chi connectivity index (χ1) is 14.2. The minimum atomic E-state index is -4.97. The monoisotopic (exact) mass is 477 g/mol. The number of carbonyl (C=O) groups excluding carboxylic acids is 1. The topological polar surface area (TPSA) is 259 Å². The molecule has 1 amide bonds. The molecule has 2 fully saturated rings. The van der Waals surface area contributed by atoms with Crippen molar-refractivity contribution in [2.24, 2.45) is 0 Å². The summed E-state index contributed by atoms with van der Waals surface area (Å²) in [5.41, 5.74) is 0. The molecular weight excluding hydrogens is 454 g/mol. The SMILES string of the molecule is CC(=O)NC1C(OC2C(C(=O)O)OC(O)C(O)C2O)OC(COS(=O)(=O)O)C(O)C1O. The molecule has 0 radical (unpaired) electrons. The molecular formula is C14H23NO15S. The van der Waals surface area contributed by atoms with E-state index in [9.17, 15) is 48.6 Å². The van der Waals surface area contributed by atoms with Crippen LogP contribution in [0.1, 0.15) is 6.92 Å². The highest BCUT2D eigenvalue weighted by atomic mass is 32.3. The summed E-state index contributed by atoms with van der Waals surface area (Å²) in [6.07, 6.45) is -17.3. The number of amides is 1. The Morgan fingerprint density at radius 1 is 1.00 bits per heavy atom. The van der Waals surface area contributed by atoms with Crippen LogP contribution < -0.4 is 5.32 Å². The Kier molecular flexibility index (Phi) is 8.27. The Morgan fingerprint density at radius 2 is 1.61 bits per heavy atom. The van der Waals surface area contributed by atoms with Gasteiger partial charge in [0.05, 0.1) is 6.61 Å². The van der Waals surface area contributed by atoms with Crippen molar-refractivity contribution in [2.75, 3.05) is 6.61 Å². The quantitative estimate of drug-likeness (QED) is 0.159. The summed E-state index contributed by atoms with van der Waals surface area (Å²) in [5.74, 6) is -2.46. The second kappa shape index (κ2) is 9.96. The van der Waals surface area contributed by atoms with E-state index >= 15 is 0 Å². The largest absolute Gasteiger partial charge is 0.479 e. The fraction of sp³-hybridized carbons (Fsp3) is 0.857. The van der Waals surface area contributed by atoms with Gasteiger partial charge in [-0.15, -0.1) is 0 Å². The lowest BCUT2D eigenvalue weighted by molar-refractivity contribution is -0.335. The summed E-state index contributed by atoms with van der Waals surface area (Å²) >= 11 is 0. The van der Waals surface area contributed by atoms with E-state index in [1.807, 2.05) is 0 Å². The van der Waals surface area contributed by atoms with Gasteiger partial charge in [-0.25, -0.2) is 8.98 Å². The number of carboxylic acids is 1. The van der Waals surface area contributed by atoms with Gasteiger partial charge in [-0.05, 0) is 0 Å². The Balaban J connectivity index is 2.30. The van der Waals surface area contributed by atoms with Gasteiger partial charge in [0.15, 0.2) is 18.7 Å². The molecule has 0 aromatic heterocycles. The van der Waals surface area contributed by atoms with Crippen LogP contribution >= 0.6 is 0 Å². The molecule has 2 aliphatic rings. The van der Waals surface area contributed by atoms with Crippen molar-refractivity contribution in [3.8, 4) is 0 Å². The van der Waals surface area contributed by atoms with Crippen LogP contribution in [0.5, 0.6) is 0 Å². The van der Waals surface area contributed by atoms with Crippen molar-refractivity contribution in [3.63, 3.8) is 0 Å². The first-order valence-electron chi connectivity index (χ1n) is 8.71.